The van der Waals surface area contributed by atoms with E-state index in [0.29, 0.717) is 24.7 Å². The highest BCUT2D eigenvalue weighted by Gasteiger charge is 2.33. The molecule has 0 aromatic heterocycles. The maximum Gasteiger partial charge on any atom is 0.290 e. The highest BCUT2D eigenvalue weighted by atomic mass is 16.2. The fourth-order valence-electron chi connectivity index (χ4n) is 4.89. The first kappa shape index (κ1) is 25.7. The molecule has 5 nitrogen and oxygen atoms in total. The number of Topliss-reactive ketones (excluding diaryl/α,β-unsaturated/α-hetero) is 1. The van der Waals surface area contributed by atoms with Gasteiger partial charge in [0.1, 0.15) is 6.04 Å². The molecular formula is C29H38N2O3. The van der Waals surface area contributed by atoms with Crippen LogP contribution in [0, 0.1) is 17.8 Å². The topological polar surface area (TPSA) is 75.3 Å². The van der Waals surface area contributed by atoms with Crippen LogP contribution in [0.3, 0.4) is 0 Å². The molecule has 0 saturated heterocycles. The molecule has 34 heavy (non-hydrogen) atoms. The van der Waals surface area contributed by atoms with E-state index in [1.54, 1.807) is 0 Å². The number of benzene rings is 2. The Morgan fingerprint density at radius 2 is 1.44 bits per heavy atom. The maximum atomic E-state index is 13.3. The van der Waals surface area contributed by atoms with Gasteiger partial charge in [0.15, 0.2) is 0 Å². The fraction of sp³-hybridized carbons (Fsp3) is 0.483. The molecule has 2 aromatic carbocycles. The predicted octanol–water partition coefficient (Wildman–Crippen LogP) is 5.01. The van der Waals surface area contributed by atoms with Gasteiger partial charge in [-0.05, 0) is 55.1 Å². The zero-order valence-electron chi connectivity index (χ0n) is 20.6. The average molecular weight is 463 g/mol. The summed E-state index contributed by atoms with van der Waals surface area (Å²) in [6.07, 6.45) is 4.68. The monoisotopic (exact) mass is 462 g/mol. The van der Waals surface area contributed by atoms with Gasteiger partial charge in [0.05, 0.1) is 6.04 Å². The molecular weight excluding hydrogens is 424 g/mol. The molecule has 0 spiro atoms. The van der Waals surface area contributed by atoms with Crippen molar-refractivity contribution in [2.45, 2.75) is 71.4 Å². The molecule has 2 amide bonds. The van der Waals surface area contributed by atoms with Crippen molar-refractivity contribution >= 4 is 17.6 Å². The molecule has 2 unspecified atom stereocenters. The summed E-state index contributed by atoms with van der Waals surface area (Å²) < 4.78 is 0. The lowest BCUT2D eigenvalue weighted by Crippen LogP contribution is -2.50. The summed E-state index contributed by atoms with van der Waals surface area (Å²) in [4.78, 5) is 39.4. The molecule has 2 N–H and O–H groups in total. The summed E-state index contributed by atoms with van der Waals surface area (Å²) in [7, 11) is 0. The number of hydrogen-bond donors (Lipinski definition) is 2. The van der Waals surface area contributed by atoms with Gasteiger partial charge in [-0.3, -0.25) is 14.4 Å². The molecule has 2 aromatic rings. The molecule has 0 aliphatic heterocycles. The number of amides is 2. The van der Waals surface area contributed by atoms with Crippen molar-refractivity contribution in [3.63, 3.8) is 0 Å². The van der Waals surface area contributed by atoms with E-state index in [9.17, 15) is 14.4 Å². The van der Waals surface area contributed by atoms with Crippen LogP contribution < -0.4 is 10.6 Å². The second kappa shape index (κ2) is 12.5. The highest BCUT2D eigenvalue weighted by molar-refractivity contribution is 6.38. The Kier molecular flexibility index (Phi) is 9.43. The van der Waals surface area contributed by atoms with Gasteiger partial charge in [0.25, 0.3) is 5.91 Å². The van der Waals surface area contributed by atoms with Crippen molar-refractivity contribution in [3.8, 4) is 0 Å². The van der Waals surface area contributed by atoms with Crippen LogP contribution in [0.25, 0.3) is 0 Å². The van der Waals surface area contributed by atoms with Gasteiger partial charge in [0, 0.05) is 12.3 Å². The van der Waals surface area contributed by atoms with Crippen LogP contribution in [0.15, 0.2) is 60.7 Å². The Morgan fingerprint density at radius 3 is 2.00 bits per heavy atom. The van der Waals surface area contributed by atoms with E-state index in [-0.39, 0.29) is 17.9 Å². The van der Waals surface area contributed by atoms with Gasteiger partial charge in [-0.25, -0.2) is 0 Å². The Bertz CT molecular complexity index is 934. The van der Waals surface area contributed by atoms with Crippen LogP contribution in [0.2, 0.25) is 0 Å². The van der Waals surface area contributed by atoms with Gasteiger partial charge < -0.3 is 10.6 Å². The fourth-order valence-corrected chi connectivity index (χ4v) is 4.89. The number of hydrogen-bond acceptors (Lipinski definition) is 3. The van der Waals surface area contributed by atoms with E-state index in [1.807, 2.05) is 67.6 Å². The third-order valence-corrected chi connectivity index (χ3v) is 7.14. The minimum absolute atomic E-state index is 0.100. The minimum atomic E-state index is -0.883. The first-order chi connectivity index (χ1) is 16.4. The molecule has 0 heterocycles. The highest BCUT2D eigenvalue weighted by Crippen LogP contribution is 2.33. The molecule has 1 saturated carbocycles. The maximum absolute atomic E-state index is 13.3. The van der Waals surface area contributed by atoms with Gasteiger partial charge in [-0.15, -0.1) is 0 Å². The minimum Gasteiger partial charge on any atom is -0.345 e. The zero-order chi connectivity index (χ0) is 24.5. The van der Waals surface area contributed by atoms with Crippen LogP contribution in [0.1, 0.15) is 70.0 Å². The summed E-state index contributed by atoms with van der Waals surface area (Å²) in [5.74, 6) is -0.184. The molecule has 2 atom stereocenters. The number of ketones is 1. The summed E-state index contributed by atoms with van der Waals surface area (Å²) in [6, 6.07) is 18.0. The molecule has 1 aliphatic rings. The number of nitrogens with one attached hydrogen (secondary N) is 2. The largest absolute Gasteiger partial charge is 0.345 e. The van der Waals surface area contributed by atoms with Crippen LogP contribution in [0.5, 0.6) is 0 Å². The summed E-state index contributed by atoms with van der Waals surface area (Å²) in [5, 5.41) is 5.82. The Morgan fingerprint density at radius 1 is 0.853 bits per heavy atom. The lowest BCUT2D eigenvalue weighted by molar-refractivity contribution is -0.141. The smallest absolute Gasteiger partial charge is 0.290 e. The van der Waals surface area contributed by atoms with Crippen molar-refractivity contribution in [3.05, 3.63) is 71.8 Å². The quantitative estimate of drug-likeness (QED) is 0.487. The molecule has 182 valence electrons. The van der Waals surface area contributed by atoms with Crippen molar-refractivity contribution in [1.29, 1.82) is 0 Å². The van der Waals surface area contributed by atoms with E-state index in [4.69, 9.17) is 0 Å². The third-order valence-electron chi connectivity index (χ3n) is 7.14. The second-order valence-corrected chi connectivity index (χ2v) is 9.82. The van der Waals surface area contributed by atoms with Crippen LogP contribution in [-0.2, 0) is 20.8 Å². The molecule has 3 rings (SSSR count). The van der Waals surface area contributed by atoms with E-state index in [2.05, 4.69) is 24.5 Å². The summed E-state index contributed by atoms with van der Waals surface area (Å²) in [5.41, 5.74) is 1.87. The van der Waals surface area contributed by atoms with Gasteiger partial charge in [0.2, 0.25) is 11.7 Å². The van der Waals surface area contributed by atoms with Crippen molar-refractivity contribution < 1.29 is 14.4 Å². The first-order valence-electron chi connectivity index (χ1n) is 12.6. The number of carbonyl (C=O) groups is 3. The molecule has 1 aliphatic carbocycles. The van der Waals surface area contributed by atoms with E-state index < -0.39 is 17.7 Å². The van der Waals surface area contributed by atoms with Gasteiger partial charge in [-0.2, -0.15) is 0 Å². The van der Waals surface area contributed by atoms with E-state index in [1.165, 1.54) is 0 Å². The number of rotatable bonds is 10. The Labute approximate surface area is 203 Å². The first-order valence-corrected chi connectivity index (χ1v) is 12.6. The van der Waals surface area contributed by atoms with Gasteiger partial charge >= 0.3 is 0 Å². The van der Waals surface area contributed by atoms with Crippen molar-refractivity contribution in [1.82, 2.24) is 10.6 Å². The van der Waals surface area contributed by atoms with Crippen LogP contribution >= 0.6 is 0 Å². The van der Waals surface area contributed by atoms with Crippen molar-refractivity contribution in [2.75, 3.05) is 0 Å². The SMILES string of the molecule is CCC(NC(=O)C(=O)C(Cc1ccccc1)NC(=O)C1CCC(C(C)C)CC1)c1ccccc1. The number of carbonyl (C=O) groups excluding carboxylic acids is 3. The Balaban J connectivity index is 1.70. The molecule has 0 radical (unpaired) electrons. The van der Waals surface area contributed by atoms with Crippen molar-refractivity contribution in [2.24, 2.45) is 17.8 Å². The van der Waals surface area contributed by atoms with Gasteiger partial charge in [-0.1, -0.05) is 81.4 Å². The molecule has 5 heteroatoms. The predicted molar refractivity (Wildman–Crippen MR) is 135 cm³/mol. The van der Waals surface area contributed by atoms with Crippen LogP contribution in [-0.4, -0.2) is 23.6 Å². The molecule has 0 bridgehead atoms. The normalized spacial score (nSPS) is 19.8. The van der Waals surface area contributed by atoms with E-state index >= 15 is 0 Å². The standard InChI is InChI=1S/C29H38N2O3/c1-4-25(23-13-9-6-10-14-23)30-29(34)27(32)26(19-21-11-7-5-8-12-21)31-28(33)24-17-15-22(16-18-24)20(2)3/h5-14,20,22,24-26H,4,15-19H2,1-3H3,(H,30,34)(H,31,33). The lowest BCUT2D eigenvalue weighted by atomic mass is 9.76. The summed E-state index contributed by atoms with van der Waals surface area (Å²) in [6.45, 7) is 6.44. The summed E-state index contributed by atoms with van der Waals surface area (Å²) >= 11 is 0. The third kappa shape index (κ3) is 7.02. The lowest BCUT2D eigenvalue weighted by Gasteiger charge is -2.31. The van der Waals surface area contributed by atoms with Crippen LogP contribution in [0.4, 0.5) is 0 Å². The van der Waals surface area contributed by atoms with E-state index in [0.717, 1.165) is 36.8 Å². The average Bonchev–Trinajstić information content (AvgIpc) is 2.87. The Hall–Kier alpha value is -2.95. The zero-order valence-corrected chi connectivity index (χ0v) is 20.6. The molecule has 1 fully saturated rings. The second-order valence-electron chi connectivity index (χ2n) is 9.82.